The minimum atomic E-state index is -0.622. The summed E-state index contributed by atoms with van der Waals surface area (Å²) >= 11 is 0. The summed E-state index contributed by atoms with van der Waals surface area (Å²) in [6, 6.07) is 11.6. The fourth-order valence-corrected chi connectivity index (χ4v) is 2.22. The van der Waals surface area contributed by atoms with E-state index in [0.717, 1.165) is 11.1 Å². The van der Waals surface area contributed by atoms with Crippen molar-refractivity contribution in [2.45, 2.75) is 0 Å². The van der Waals surface area contributed by atoms with Gasteiger partial charge in [-0.25, -0.2) is 9.48 Å². The van der Waals surface area contributed by atoms with Crippen LogP contribution in [-0.4, -0.2) is 21.7 Å². The summed E-state index contributed by atoms with van der Waals surface area (Å²) in [5, 5.41) is 7.70. The predicted octanol–water partition coefficient (Wildman–Crippen LogP) is 1.62. The number of nitrogens with two attached hydrogens (primary N) is 2. The number of aromatic nitrogens is 2. The number of benzene rings is 2. The lowest BCUT2D eigenvalue weighted by Crippen LogP contribution is -2.19. The second-order valence-corrected chi connectivity index (χ2v) is 4.72. The molecule has 0 bridgehead atoms. The molecular formula is C15H13N5O2. The number of carbonyl (C=O) groups excluding carboxylic acids is 2. The molecule has 3 amide bonds. The van der Waals surface area contributed by atoms with Crippen LogP contribution in [0.25, 0.3) is 16.6 Å². The Morgan fingerprint density at radius 3 is 2.41 bits per heavy atom. The molecule has 0 saturated heterocycles. The molecule has 0 aliphatic carbocycles. The minimum absolute atomic E-state index is 0.378. The number of nitrogens with one attached hydrogen (secondary N) is 1. The van der Waals surface area contributed by atoms with E-state index in [2.05, 4.69) is 10.4 Å². The van der Waals surface area contributed by atoms with Gasteiger partial charge >= 0.3 is 6.03 Å². The Labute approximate surface area is 125 Å². The fourth-order valence-electron chi connectivity index (χ4n) is 2.22. The van der Waals surface area contributed by atoms with Crippen molar-refractivity contribution in [2.75, 3.05) is 5.32 Å². The van der Waals surface area contributed by atoms with Gasteiger partial charge in [0.1, 0.15) is 5.52 Å². The van der Waals surface area contributed by atoms with Crippen molar-refractivity contribution >= 4 is 28.5 Å². The van der Waals surface area contributed by atoms with E-state index < -0.39 is 11.9 Å². The summed E-state index contributed by atoms with van der Waals surface area (Å²) in [6.07, 6.45) is 1.80. The van der Waals surface area contributed by atoms with Gasteiger partial charge in [-0.2, -0.15) is 5.10 Å². The SMILES string of the molecule is NC(=O)Nc1ccc(-n2cc3cccc(C(N)=O)c3n2)cc1. The molecule has 7 nitrogen and oxygen atoms in total. The molecule has 22 heavy (non-hydrogen) atoms. The van der Waals surface area contributed by atoms with E-state index in [1.165, 1.54) is 0 Å². The Kier molecular flexibility index (Phi) is 3.23. The van der Waals surface area contributed by atoms with Crippen LogP contribution in [0.15, 0.2) is 48.7 Å². The van der Waals surface area contributed by atoms with Crippen LogP contribution in [-0.2, 0) is 0 Å². The van der Waals surface area contributed by atoms with Crippen molar-refractivity contribution in [3.8, 4) is 5.69 Å². The quantitative estimate of drug-likeness (QED) is 0.681. The molecular weight excluding hydrogens is 282 g/mol. The molecule has 0 fully saturated rings. The van der Waals surface area contributed by atoms with Gasteiger partial charge < -0.3 is 16.8 Å². The lowest BCUT2D eigenvalue weighted by Gasteiger charge is -2.04. The van der Waals surface area contributed by atoms with Gasteiger partial charge in [0.05, 0.1) is 11.3 Å². The largest absolute Gasteiger partial charge is 0.366 e. The van der Waals surface area contributed by atoms with Gasteiger partial charge in [-0.15, -0.1) is 0 Å². The summed E-state index contributed by atoms with van der Waals surface area (Å²) < 4.78 is 1.64. The van der Waals surface area contributed by atoms with E-state index >= 15 is 0 Å². The van der Waals surface area contributed by atoms with Crippen LogP contribution in [0.5, 0.6) is 0 Å². The number of carbonyl (C=O) groups is 2. The van der Waals surface area contributed by atoms with Crippen molar-refractivity contribution in [3.63, 3.8) is 0 Å². The maximum Gasteiger partial charge on any atom is 0.316 e. The van der Waals surface area contributed by atoms with Gasteiger partial charge in [0, 0.05) is 17.3 Å². The highest BCUT2D eigenvalue weighted by Crippen LogP contribution is 2.20. The second kappa shape index (κ2) is 5.21. The van der Waals surface area contributed by atoms with Crippen LogP contribution in [0.2, 0.25) is 0 Å². The summed E-state index contributed by atoms with van der Waals surface area (Å²) in [4.78, 5) is 22.2. The van der Waals surface area contributed by atoms with E-state index in [0.29, 0.717) is 16.8 Å². The highest BCUT2D eigenvalue weighted by Gasteiger charge is 2.10. The molecule has 110 valence electrons. The first-order chi connectivity index (χ1) is 10.5. The molecule has 1 heterocycles. The standard InChI is InChI=1S/C15H13N5O2/c16-14(21)12-3-1-2-9-8-20(19-13(9)12)11-6-4-10(5-7-11)18-15(17)22/h1-8H,(H2,16,21)(H3,17,18,22). The number of fused-ring (bicyclic) bond motifs is 1. The Morgan fingerprint density at radius 1 is 1.05 bits per heavy atom. The van der Waals surface area contributed by atoms with E-state index in [1.54, 1.807) is 47.3 Å². The molecule has 3 rings (SSSR count). The number of amides is 3. The minimum Gasteiger partial charge on any atom is -0.366 e. The molecule has 0 spiro atoms. The van der Waals surface area contributed by atoms with Gasteiger partial charge in [-0.05, 0) is 30.3 Å². The van der Waals surface area contributed by atoms with Crippen molar-refractivity contribution in [2.24, 2.45) is 11.5 Å². The van der Waals surface area contributed by atoms with Gasteiger partial charge in [-0.3, -0.25) is 4.79 Å². The number of rotatable bonds is 3. The monoisotopic (exact) mass is 295 g/mol. The molecule has 3 aromatic rings. The zero-order chi connectivity index (χ0) is 15.7. The number of anilines is 1. The Bertz CT molecular complexity index is 867. The van der Waals surface area contributed by atoms with Gasteiger partial charge in [-0.1, -0.05) is 12.1 Å². The van der Waals surface area contributed by atoms with E-state index in [-0.39, 0.29) is 0 Å². The van der Waals surface area contributed by atoms with Gasteiger partial charge in [0.15, 0.2) is 0 Å². The Hall–Kier alpha value is -3.35. The Balaban J connectivity index is 2.01. The molecule has 5 N–H and O–H groups in total. The average Bonchev–Trinajstić information content (AvgIpc) is 2.90. The first kappa shape index (κ1) is 13.6. The topological polar surface area (TPSA) is 116 Å². The Morgan fingerprint density at radius 2 is 1.77 bits per heavy atom. The highest BCUT2D eigenvalue weighted by molar-refractivity contribution is 6.04. The number of primary amides is 2. The van der Waals surface area contributed by atoms with Crippen LogP contribution >= 0.6 is 0 Å². The predicted molar refractivity (Wildman–Crippen MR) is 82.8 cm³/mol. The highest BCUT2D eigenvalue weighted by atomic mass is 16.2. The summed E-state index contributed by atoms with van der Waals surface area (Å²) in [7, 11) is 0. The molecule has 7 heteroatoms. The fraction of sp³-hybridized carbons (Fsp3) is 0. The first-order valence-corrected chi connectivity index (χ1v) is 6.50. The summed E-state index contributed by atoms with van der Waals surface area (Å²) in [5.41, 5.74) is 12.7. The third-order valence-electron chi connectivity index (χ3n) is 3.20. The van der Waals surface area contributed by atoms with Crippen LogP contribution in [0.3, 0.4) is 0 Å². The molecule has 0 radical (unpaired) electrons. The zero-order valence-electron chi connectivity index (χ0n) is 11.5. The van der Waals surface area contributed by atoms with E-state index in [9.17, 15) is 9.59 Å². The first-order valence-electron chi connectivity index (χ1n) is 6.50. The third-order valence-corrected chi connectivity index (χ3v) is 3.20. The van der Waals surface area contributed by atoms with Gasteiger partial charge in [0.25, 0.3) is 5.91 Å². The molecule has 1 aromatic heterocycles. The second-order valence-electron chi connectivity index (χ2n) is 4.72. The number of hydrogen-bond acceptors (Lipinski definition) is 3. The third kappa shape index (κ3) is 2.47. The average molecular weight is 295 g/mol. The van der Waals surface area contributed by atoms with Gasteiger partial charge in [0.2, 0.25) is 0 Å². The summed E-state index contributed by atoms with van der Waals surface area (Å²) in [6.45, 7) is 0. The van der Waals surface area contributed by atoms with Crippen LogP contribution in [0.1, 0.15) is 10.4 Å². The number of nitrogens with zero attached hydrogens (tertiary/aromatic N) is 2. The number of urea groups is 1. The van der Waals surface area contributed by atoms with Crippen molar-refractivity contribution < 1.29 is 9.59 Å². The molecule has 0 atom stereocenters. The van der Waals surface area contributed by atoms with Crippen molar-refractivity contribution in [1.82, 2.24) is 9.78 Å². The maximum atomic E-state index is 11.4. The van der Waals surface area contributed by atoms with Crippen LogP contribution in [0, 0.1) is 0 Å². The molecule has 0 unspecified atom stereocenters. The maximum absolute atomic E-state index is 11.4. The van der Waals surface area contributed by atoms with E-state index in [4.69, 9.17) is 11.5 Å². The van der Waals surface area contributed by atoms with E-state index in [1.807, 2.05) is 6.07 Å². The zero-order valence-corrected chi connectivity index (χ0v) is 11.5. The molecule has 0 aliphatic heterocycles. The lowest BCUT2D eigenvalue weighted by molar-refractivity contribution is 0.100. The van der Waals surface area contributed by atoms with Crippen LogP contribution < -0.4 is 16.8 Å². The van der Waals surface area contributed by atoms with Crippen molar-refractivity contribution in [3.05, 3.63) is 54.2 Å². The van der Waals surface area contributed by atoms with Crippen molar-refractivity contribution in [1.29, 1.82) is 0 Å². The summed E-state index contributed by atoms with van der Waals surface area (Å²) in [5.74, 6) is -0.517. The number of hydrogen-bond donors (Lipinski definition) is 3. The normalized spacial score (nSPS) is 10.5. The molecule has 2 aromatic carbocycles. The molecule has 0 aliphatic rings. The van der Waals surface area contributed by atoms with Crippen LogP contribution in [0.4, 0.5) is 10.5 Å². The smallest absolute Gasteiger partial charge is 0.316 e. The molecule has 0 saturated carbocycles. The lowest BCUT2D eigenvalue weighted by atomic mass is 10.1.